The van der Waals surface area contributed by atoms with Crippen LogP contribution in [0.1, 0.15) is 49.9 Å². The maximum atomic E-state index is 13.4. The third-order valence-corrected chi connectivity index (χ3v) is 6.35. The second-order valence-electron chi connectivity index (χ2n) is 8.16. The van der Waals surface area contributed by atoms with Crippen molar-refractivity contribution in [2.24, 2.45) is 5.92 Å². The summed E-state index contributed by atoms with van der Waals surface area (Å²) < 4.78 is 0. The zero-order valence-corrected chi connectivity index (χ0v) is 20.2. The highest BCUT2D eigenvalue weighted by Crippen LogP contribution is 2.32. The van der Waals surface area contributed by atoms with E-state index in [0.717, 1.165) is 0 Å². The Morgan fingerprint density at radius 3 is 2.35 bits per heavy atom. The van der Waals surface area contributed by atoms with Crippen molar-refractivity contribution in [1.29, 1.82) is 0 Å². The van der Waals surface area contributed by atoms with E-state index in [0.29, 0.717) is 25.5 Å². The minimum Gasteiger partial charge on any atom is -0.505 e. The first-order valence-electron chi connectivity index (χ1n) is 10.8. The molecule has 0 saturated carbocycles. The Kier molecular flexibility index (Phi) is 9.69. The Morgan fingerprint density at radius 2 is 1.82 bits per heavy atom. The number of benzene rings is 1. The number of phenolic OH excluding ortho intramolecular Hbond substituents is 1. The molecule has 1 aromatic carbocycles. The van der Waals surface area contributed by atoms with Crippen molar-refractivity contribution < 1.29 is 34.2 Å². The molecule has 1 saturated heterocycles. The van der Waals surface area contributed by atoms with Crippen molar-refractivity contribution in [3.05, 3.63) is 27.7 Å². The van der Waals surface area contributed by atoms with E-state index in [1.165, 1.54) is 17.0 Å². The molecule has 1 aliphatic rings. The van der Waals surface area contributed by atoms with Gasteiger partial charge in [0.1, 0.15) is 18.4 Å². The highest BCUT2D eigenvalue weighted by Gasteiger charge is 2.39. The Morgan fingerprint density at radius 1 is 1.21 bits per heavy atom. The summed E-state index contributed by atoms with van der Waals surface area (Å²) in [6.07, 6.45) is 1.17. The van der Waals surface area contributed by atoms with Crippen LogP contribution in [0, 0.1) is 5.92 Å². The molecule has 0 bridgehead atoms. The molecule has 1 heterocycles. The number of likely N-dealkylation sites (tertiary alicyclic amines) is 1. The number of nitrogens with one attached hydrogen (secondary N) is 2. The molecule has 186 valence electrons. The zero-order chi connectivity index (χ0) is 25.6. The van der Waals surface area contributed by atoms with Crippen molar-refractivity contribution in [1.82, 2.24) is 15.5 Å². The van der Waals surface area contributed by atoms with Gasteiger partial charge in [-0.15, -0.1) is 0 Å². The summed E-state index contributed by atoms with van der Waals surface area (Å²) in [5, 5.41) is 23.4. The molecule has 12 heteroatoms. The molecule has 0 spiro atoms. The number of halogens is 2. The fourth-order valence-corrected chi connectivity index (χ4v) is 4.17. The molecule has 1 aromatic rings. The Labute approximate surface area is 206 Å². The van der Waals surface area contributed by atoms with E-state index in [-0.39, 0.29) is 33.8 Å². The Hall–Kier alpha value is -2.85. The van der Waals surface area contributed by atoms with Crippen LogP contribution in [-0.4, -0.2) is 69.8 Å². The molecular formula is C22H27Cl2N3O7. The first-order chi connectivity index (χ1) is 16.0. The predicted molar refractivity (Wildman–Crippen MR) is 124 cm³/mol. The number of hydrogen-bond acceptors (Lipinski definition) is 6. The molecule has 10 nitrogen and oxygen atoms in total. The van der Waals surface area contributed by atoms with Crippen LogP contribution >= 0.6 is 23.2 Å². The van der Waals surface area contributed by atoms with Gasteiger partial charge in [-0.25, -0.2) is 0 Å². The van der Waals surface area contributed by atoms with E-state index in [1.54, 1.807) is 6.92 Å². The minimum absolute atomic E-state index is 0.0483. The van der Waals surface area contributed by atoms with Crippen LogP contribution in [-0.2, 0) is 19.2 Å². The summed E-state index contributed by atoms with van der Waals surface area (Å²) in [6, 6.07) is -0.631. The van der Waals surface area contributed by atoms with Crippen molar-refractivity contribution in [2.75, 3.05) is 6.54 Å². The quantitative estimate of drug-likeness (QED) is 0.347. The number of nitrogens with zero attached hydrogens (tertiary/aromatic N) is 1. The average molecular weight is 516 g/mol. The topological polar surface area (TPSA) is 153 Å². The van der Waals surface area contributed by atoms with Crippen LogP contribution in [0.2, 0.25) is 10.0 Å². The normalized spacial score (nSPS) is 18.0. The molecule has 1 unspecified atom stereocenters. The molecule has 4 atom stereocenters. The van der Waals surface area contributed by atoms with Gasteiger partial charge in [0.05, 0.1) is 22.5 Å². The number of carboxylic acid groups (broad SMARTS) is 1. The van der Waals surface area contributed by atoms with E-state index in [4.69, 9.17) is 28.3 Å². The second kappa shape index (κ2) is 12.0. The highest BCUT2D eigenvalue weighted by atomic mass is 35.5. The fourth-order valence-electron chi connectivity index (χ4n) is 3.69. The smallest absolute Gasteiger partial charge is 0.305 e. The number of aromatic hydroxyl groups is 1. The first kappa shape index (κ1) is 27.4. The lowest BCUT2D eigenvalue weighted by Gasteiger charge is -2.31. The van der Waals surface area contributed by atoms with Gasteiger partial charge < -0.3 is 30.5 Å². The van der Waals surface area contributed by atoms with Crippen LogP contribution < -0.4 is 10.6 Å². The monoisotopic (exact) mass is 515 g/mol. The van der Waals surface area contributed by atoms with E-state index >= 15 is 0 Å². The van der Waals surface area contributed by atoms with Crippen molar-refractivity contribution >= 4 is 53.2 Å². The average Bonchev–Trinajstić information content (AvgIpc) is 3.28. The lowest BCUT2D eigenvalue weighted by Crippen LogP contribution is -2.56. The van der Waals surface area contributed by atoms with Crippen molar-refractivity contribution in [3.63, 3.8) is 0 Å². The number of hydrogen-bond donors (Lipinski definition) is 4. The van der Waals surface area contributed by atoms with Crippen LogP contribution in [0.15, 0.2) is 12.1 Å². The number of phenols is 1. The standard InChI is InChI=1S/C22H27Cl2N3O7/c1-3-11(2)18(26-20(32)12-7-14(23)19(31)15(24)8-12)22(34)27-6-4-5-16(27)21(33)25-13(10-28)9-17(29)30/h7-8,10-11,13,16,18,31H,3-6,9H2,1-2H3,(H,25,33)(H,26,32)(H,29,30)/t11?,13-,16-,18-/m0/s1. The van der Waals surface area contributed by atoms with Gasteiger partial charge in [0.15, 0.2) is 5.75 Å². The van der Waals surface area contributed by atoms with E-state index < -0.39 is 48.2 Å². The lowest BCUT2D eigenvalue weighted by molar-refractivity contribution is -0.142. The van der Waals surface area contributed by atoms with Crippen LogP contribution in [0.3, 0.4) is 0 Å². The number of carboxylic acids is 1. The lowest BCUT2D eigenvalue weighted by atomic mass is 9.96. The predicted octanol–water partition coefficient (Wildman–Crippen LogP) is 1.99. The van der Waals surface area contributed by atoms with Gasteiger partial charge in [0.2, 0.25) is 11.8 Å². The van der Waals surface area contributed by atoms with Gasteiger partial charge in [-0.3, -0.25) is 19.2 Å². The molecular weight excluding hydrogens is 489 g/mol. The Bertz CT molecular complexity index is 949. The van der Waals surface area contributed by atoms with Crippen LogP contribution in [0.4, 0.5) is 0 Å². The van der Waals surface area contributed by atoms with E-state index in [1.807, 2.05) is 6.92 Å². The summed E-state index contributed by atoms with van der Waals surface area (Å²) in [5.74, 6) is -3.64. The second-order valence-corrected chi connectivity index (χ2v) is 8.98. The van der Waals surface area contributed by atoms with Gasteiger partial charge in [0, 0.05) is 12.1 Å². The number of aliphatic carboxylic acids is 1. The molecule has 1 aliphatic heterocycles. The zero-order valence-electron chi connectivity index (χ0n) is 18.7. The summed E-state index contributed by atoms with van der Waals surface area (Å²) in [5.41, 5.74) is 0.0483. The molecule has 34 heavy (non-hydrogen) atoms. The summed E-state index contributed by atoms with van der Waals surface area (Å²) in [4.78, 5) is 62.4. The van der Waals surface area contributed by atoms with E-state index in [2.05, 4.69) is 10.6 Å². The molecule has 0 radical (unpaired) electrons. The molecule has 4 N–H and O–H groups in total. The number of rotatable bonds is 10. The molecule has 1 fully saturated rings. The third kappa shape index (κ3) is 6.60. The maximum Gasteiger partial charge on any atom is 0.305 e. The Balaban J connectivity index is 2.21. The van der Waals surface area contributed by atoms with Crippen molar-refractivity contribution in [3.8, 4) is 5.75 Å². The van der Waals surface area contributed by atoms with Gasteiger partial charge in [-0.1, -0.05) is 43.5 Å². The SMILES string of the molecule is CCC(C)[C@H](NC(=O)c1cc(Cl)c(O)c(Cl)c1)C(=O)N1CCC[C@H]1C(=O)N[C@H](C=O)CC(=O)O. The fraction of sp³-hybridized carbons (Fsp3) is 0.500. The number of carbonyl (C=O) groups excluding carboxylic acids is 4. The van der Waals surface area contributed by atoms with Crippen molar-refractivity contribution in [2.45, 2.75) is 57.7 Å². The van der Waals surface area contributed by atoms with Gasteiger partial charge in [0.25, 0.3) is 5.91 Å². The summed E-state index contributed by atoms with van der Waals surface area (Å²) in [7, 11) is 0. The number of amides is 3. The first-order valence-corrected chi connectivity index (χ1v) is 11.5. The molecule has 0 aromatic heterocycles. The maximum absolute atomic E-state index is 13.4. The largest absolute Gasteiger partial charge is 0.505 e. The van der Waals surface area contributed by atoms with Gasteiger partial charge in [-0.05, 0) is 30.9 Å². The minimum atomic E-state index is -1.24. The summed E-state index contributed by atoms with van der Waals surface area (Å²) in [6.45, 7) is 3.89. The molecule has 3 amide bonds. The third-order valence-electron chi connectivity index (χ3n) is 5.77. The number of aldehydes is 1. The highest BCUT2D eigenvalue weighted by molar-refractivity contribution is 6.37. The number of carbonyl (C=O) groups is 5. The van der Waals surface area contributed by atoms with Gasteiger partial charge >= 0.3 is 5.97 Å². The van der Waals surface area contributed by atoms with Crippen LogP contribution in [0.5, 0.6) is 5.75 Å². The summed E-state index contributed by atoms with van der Waals surface area (Å²) >= 11 is 11.8. The molecule has 0 aliphatic carbocycles. The van der Waals surface area contributed by atoms with Crippen LogP contribution in [0.25, 0.3) is 0 Å². The van der Waals surface area contributed by atoms with E-state index in [9.17, 15) is 29.1 Å². The van der Waals surface area contributed by atoms with Gasteiger partial charge in [-0.2, -0.15) is 0 Å². The molecule has 2 rings (SSSR count).